The van der Waals surface area contributed by atoms with Gasteiger partial charge in [-0.25, -0.2) is 4.79 Å². The molecule has 182 valence electrons. The van der Waals surface area contributed by atoms with E-state index in [1.54, 1.807) is 24.3 Å². The zero-order chi connectivity index (χ0) is 25.2. The van der Waals surface area contributed by atoms with Gasteiger partial charge in [0.1, 0.15) is 11.1 Å². The van der Waals surface area contributed by atoms with Gasteiger partial charge in [0.2, 0.25) is 5.91 Å². The van der Waals surface area contributed by atoms with Crippen LogP contribution in [0.15, 0.2) is 64.3 Å². The number of halogens is 3. The number of nitrogens with one attached hydrogen (secondary N) is 5. The maximum atomic E-state index is 13.2. The van der Waals surface area contributed by atoms with Gasteiger partial charge in [-0.3, -0.25) is 19.4 Å². The average molecular weight is 487 g/mol. The lowest BCUT2D eigenvalue weighted by Gasteiger charge is -2.17. The van der Waals surface area contributed by atoms with Crippen LogP contribution in [-0.4, -0.2) is 27.3 Å². The molecule has 0 radical (unpaired) electrons. The maximum absolute atomic E-state index is 13.2. The van der Waals surface area contributed by atoms with E-state index < -0.39 is 40.3 Å². The van der Waals surface area contributed by atoms with Crippen molar-refractivity contribution in [1.82, 2.24) is 20.6 Å². The lowest BCUT2D eigenvalue weighted by atomic mass is 10.1. The van der Waals surface area contributed by atoms with Gasteiger partial charge in [-0.2, -0.15) is 13.2 Å². The Balaban J connectivity index is 1.35. The lowest BCUT2D eigenvalue weighted by molar-refractivity contribution is -0.137. The normalized spacial score (nSPS) is 14.1. The molecule has 0 atom stereocenters. The Hall–Kier alpha value is -4.35. The summed E-state index contributed by atoms with van der Waals surface area (Å²) in [6.45, 7) is 0.120. The third-order valence-electron chi connectivity index (χ3n) is 5.52. The van der Waals surface area contributed by atoms with Crippen molar-refractivity contribution in [1.29, 1.82) is 0 Å². The fourth-order valence-corrected chi connectivity index (χ4v) is 3.45. The molecule has 0 spiro atoms. The third kappa shape index (κ3) is 5.42. The van der Waals surface area contributed by atoms with Crippen LogP contribution in [0.4, 0.5) is 24.5 Å². The van der Waals surface area contributed by atoms with E-state index in [2.05, 4.69) is 20.9 Å². The van der Waals surface area contributed by atoms with Crippen molar-refractivity contribution >= 4 is 23.2 Å². The number of hydrogen-bond acceptors (Lipinski definition) is 5. The number of aromatic amines is 2. The van der Waals surface area contributed by atoms with Gasteiger partial charge >= 0.3 is 11.9 Å². The molecule has 1 heterocycles. The van der Waals surface area contributed by atoms with Gasteiger partial charge in [0.25, 0.3) is 11.5 Å². The molecule has 9 nitrogen and oxygen atoms in total. The molecule has 1 aliphatic rings. The summed E-state index contributed by atoms with van der Waals surface area (Å²) in [6.07, 6.45) is -2.75. The smallest absolute Gasteiger partial charge is 0.355 e. The number of rotatable bonds is 7. The standard InChI is InChI=1S/C23H20F3N5O4/c24-23(25,26)16-3-1-2-4-17(16)29-14-7-5-13(6-8-14)11-27-20(34)22(9-10-22)31-19(33)15-12-28-21(35)30-18(15)32/h1-8,12,29H,9-11H2,(H,27,34)(H,31,33)(H2,28,30,32,35). The van der Waals surface area contributed by atoms with Crippen LogP contribution >= 0.6 is 0 Å². The van der Waals surface area contributed by atoms with Gasteiger partial charge in [-0.1, -0.05) is 24.3 Å². The first-order valence-corrected chi connectivity index (χ1v) is 10.5. The minimum atomic E-state index is -4.49. The summed E-state index contributed by atoms with van der Waals surface area (Å²) in [7, 11) is 0. The highest BCUT2D eigenvalue weighted by Gasteiger charge is 2.51. The Morgan fingerprint density at radius 2 is 1.69 bits per heavy atom. The highest BCUT2D eigenvalue weighted by molar-refractivity contribution is 6.00. The lowest BCUT2D eigenvalue weighted by Crippen LogP contribution is -2.50. The first-order chi connectivity index (χ1) is 16.6. The van der Waals surface area contributed by atoms with Crippen LogP contribution in [0.3, 0.4) is 0 Å². The molecule has 1 saturated carbocycles. The van der Waals surface area contributed by atoms with E-state index in [0.717, 1.165) is 12.3 Å². The van der Waals surface area contributed by atoms with Crippen molar-refractivity contribution in [2.75, 3.05) is 5.32 Å². The molecule has 5 N–H and O–H groups in total. The Morgan fingerprint density at radius 1 is 1.00 bits per heavy atom. The van der Waals surface area contributed by atoms with Crippen LogP contribution in [-0.2, 0) is 17.5 Å². The second kappa shape index (κ2) is 9.12. The number of benzene rings is 2. The summed E-state index contributed by atoms with van der Waals surface area (Å²) in [6, 6.07) is 11.6. The van der Waals surface area contributed by atoms with Crippen molar-refractivity contribution in [2.24, 2.45) is 0 Å². The number of aromatic nitrogens is 2. The Labute approximate surface area is 195 Å². The number of anilines is 2. The van der Waals surface area contributed by atoms with Crippen LogP contribution in [0.25, 0.3) is 0 Å². The van der Waals surface area contributed by atoms with Gasteiger partial charge in [0.15, 0.2) is 0 Å². The molecule has 0 saturated heterocycles. The number of H-pyrrole nitrogens is 2. The summed E-state index contributed by atoms with van der Waals surface area (Å²) in [5, 5.41) is 8.00. The molecular weight excluding hydrogens is 467 g/mol. The molecule has 0 bridgehead atoms. The van der Waals surface area contributed by atoms with Crippen LogP contribution in [0, 0.1) is 0 Å². The molecule has 1 aliphatic carbocycles. The van der Waals surface area contributed by atoms with E-state index in [-0.39, 0.29) is 17.8 Å². The summed E-state index contributed by atoms with van der Waals surface area (Å²) in [5.74, 6) is -1.22. The van der Waals surface area contributed by atoms with E-state index in [9.17, 15) is 32.3 Å². The highest BCUT2D eigenvalue weighted by Crippen LogP contribution is 2.37. The minimum absolute atomic E-state index is 0.0752. The second-order valence-electron chi connectivity index (χ2n) is 8.07. The Morgan fingerprint density at radius 3 is 2.31 bits per heavy atom. The fourth-order valence-electron chi connectivity index (χ4n) is 3.45. The van der Waals surface area contributed by atoms with Crippen LogP contribution < -0.4 is 27.2 Å². The molecular formula is C23H20F3N5O4. The molecule has 1 fully saturated rings. The van der Waals surface area contributed by atoms with Crippen LogP contribution in [0.2, 0.25) is 0 Å². The fraction of sp³-hybridized carbons (Fsp3) is 0.217. The monoisotopic (exact) mass is 487 g/mol. The van der Waals surface area contributed by atoms with Crippen molar-refractivity contribution < 1.29 is 22.8 Å². The molecule has 0 aliphatic heterocycles. The van der Waals surface area contributed by atoms with Gasteiger partial charge in [0, 0.05) is 18.4 Å². The number of carbonyl (C=O) groups excluding carboxylic acids is 2. The zero-order valence-corrected chi connectivity index (χ0v) is 18.1. The zero-order valence-electron chi connectivity index (χ0n) is 18.1. The van der Waals surface area contributed by atoms with Crippen LogP contribution in [0.1, 0.15) is 34.3 Å². The largest absolute Gasteiger partial charge is 0.418 e. The number of alkyl halides is 3. The number of para-hydroxylation sites is 1. The quantitative estimate of drug-likeness (QED) is 0.349. The molecule has 0 unspecified atom stereocenters. The first-order valence-electron chi connectivity index (χ1n) is 10.5. The first kappa shape index (κ1) is 23.8. The van der Waals surface area contributed by atoms with Crippen molar-refractivity contribution in [2.45, 2.75) is 31.1 Å². The maximum Gasteiger partial charge on any atom is 0.418 e. The van der Waals surface area contributed by atoms with Crippen molar-refractivity contribution in [3.05, 3.63) is 92.3 Å². The summed E-state index contributed by atoms with van der Waals surface area (Å²) >= 11 is 0. The van der Waals surface area contributed by atoms with Gasteiger partial charge in [-0.05, 0) is 42.7 Å². The van der Waals surface area contributed by atoms with Gasteiger partial charge < -0.3 is 20.9 Å². The average Bonchev–Trinajstić information content (AvgIpc) is 3.58. The minimum Gasteiger partial charge on any atom is -0.355 e. The second-order valence-corrected chi connectivity index (χ2v) is 8.07. The molecule has 2 aromatic carbocycles. The molecule has 2 amide bonds. The molecule has 4 rings (SSSR count). The number of amides is 2. The van der Waals surface area contributed by atoms with Gasteiger partial charge in [-0.15, -0.1) is 0 Å². The van der Waals surface area contributed by atoms with E-state index in [1.165, 1.54) is 18.2 Å². The van der Waals surface area contributed by atoms with Crippen molar-refractivity contribution in [3.8, 4) is 0 Å². The summed E-state index contributed by atoms with van der Waals surface area (Å²) in [4.78, 5) is 52.1. The predicted molar refractivity (Wildman–Crippen MR) is 120 cm³/mol. The van der Waals surface area contributed by atoms with E-state index >= 15 is 0 Å². The van der Waals surface area contributed by atoms with Crippen molar-refractivity contribution in [3.63, 3.8) is 0 Å². The molecule has 35 heavy (non-hydrogen) atoms. The number of hydrogen-bond donors (Lipinski definition) is 5. The van der Waals surface area contributed by atoms with E-state index in [0.29, 0.717) is 24.1 Å². The van der Waals surface area contributed by atoms with Gasteiger partial charge in [0.05, 0.1) is 11.3 Å². The van der Waals surface area contributed by atoms with E-state index in [4.69, 9.17) is 0 Å². The summed E-state index contributed by atoms with van der Waals surface area (Å²) < 4.78 is 39.5. The van der Waals surface area contributed by atoms with Crippen LogP contribution in [0.5, 0.6) is 0 Å². The highest BCUT2D eigenvalue weighted by atomic mass is 19.4. The third-order valence-corrected chi connectivity index (χ3v) is 5.52. The summed E-state index contributed by atoms with van der Waals surface area (Å²) in [5.41, 5.74) is -2.82. The topological polar surface area (TPSA) is 136 Å². The molecule has 12 heteroatoms. The Bertz CT molecular complexity index is 1380. The molecule has 1 aromatic heterocycles. The van der Waals surface area contributed by atoms with E-state index in [1.807, 2.05) is 4.98 Å². The number of carbonyl (C=O) groups is 2. The predicted octanol–water partition coefficient (Wildman–Crippen LogP) is 2.40. The SMILES string of the molecule is O=C(NC1(C(=O)NCc2ccc(Nc3ccccc3C(F)(F)F)cc2)CC1)c1c[nH]c(=O)[nH]c1=O. The Kier molecular flexibility index (Phi) is 6.20. The molecule has 3 aromatic rings.